The van der Waals surface area contributed by atoms with Gasteiger partial charge in [-0.15, -0.1) is 0 Å². The van der Waals surface area contributed by atoms with Gasteiger partial charge in [-0.05, 0) is 31.0 Å². The number of imidazole rings is 1. The van der Waals surface area contributed by atoms with Crippen LogP contribution in [0.2, 0.25) is 0 Å². The molecular weight excluding hydrogens is 224 g/mol. The van der Waals surface area contributed by atoms with Crippen LogP contribution in [0.15, 0.2) is 37.1 Å². The summed E-state index contributed by atoms with van der Waals surface area (Å²) in [5.41, 5.74) is 2.56. The molecule has 0 amide bonds. The van der Waals surface area contributed by atoms with Crippen LogP contribution in [-0.4, -0.2) is 27.6 Å². The first-order chi connectivity index (χ1) is 8.93. The number of nitrogens with zero attached hydrogens (tertiary/aromatic N) is 3. The Kier molecular flexibility index (Phi) is 3.37. The number of hydrogen-bond acceptors (Lipinski definition) is 3. The van der Waals surface area contributed by atoms with Crippen molar-refractivity contribution >= 4 is 0 Å². The molecule has 1 saturated heterocycles. The zero-order valence-corrected chi connectivity index (χ0v) is 10.4. The molecule has 94 valence electrons. The summed E-state index contributed by atoms with van der Waals surface area (Å²) in [5.74, 6) is 0.595. The average molecular weight is 242 g/mol. The molecule has 1 atom stereocenters. The minimum Gasteiger partial charge on any atom is -0.330 e. The van der Waals surface area contributed by atoms with E-state index in [1.165, 1.54) is 24.1 Å². The zero-order chi connectivity index (χ0) is 12.2. The Labute approximate surface area is 107 Å². The van der Waals surface area contributed by atoms with Crippen LogP contribution in [0.4, 0.5) is 0 Å². The lowest BCUT2D eigenvalue weighted by molar-refractivity contribution is 0.444. The molecule has 1 N–H and O–H groups in total. The van der Waals surface area contributed by atoms with E-state index in [2.05, 4.69) is 25.9 Å². The summed E-state index contributed by atoms with van der Waals surface area (Å²) < 4.78 is 2.24. The maximum absolute atomic E-state index is 4.31. The van der Waals surface area contributed by atoms with Gasteiger partial charge < -0.3 is 9.88 Å². The first kappa shape index (κ1) is 11.4. The molecule has 1 fully saturated rings. The normalized spacial score (nSPS) is 19.9. The van der Waals surface area contributed by atoms with Crippen LogP contribution in [0.5, 0.6) is 0 Å². The van der Waals surface area contributed by atoms with Crippen LogP contribution in [0.1, 0.15) is 30.0 Å². The van der Waals surface area contributed by atoms with Gasteiger partial charge in [0.05, 0.1) is 12.9 Å². The Bertz CT molecular complexity index is 486. The van der Waals surface area contributed by atoms with Gasteiger partial charge in [0.15, 0.2) is 0 Å². The maximum Gasteiger partial charge on any atom is 0.0951 e. The number of pyridine rings is 1. The fraction of sp³-hybridized carbons (Fsp3) is 0.429. The van der Waals surface area contributed by atoms with Gasteiger partial charge in [0.2, 0.25) is 0 Å². The Morgan fingerprint density at radius 2 is 2.33 bits per heavy atom. The average Bonchev–Trinajstić information content (AvgIpc) is 2.89. The highest BCUT2D eigenvalue weighted by Crippen LogP contribution is 2.23. The summed E-state index contributed by atoms with van der Waals surface area (Å²) in [5, 5.41) is 3.46. The molecule has 0 aromatic carbocycles. The van der Waals surface area contributed by atoms with E-state index < -0.39 is 0 Å². The standard InChI is InChI=1S/C14H18N4/c1-3-12(7-15-5-1)10-18-11-17-9-14(18)13-4-2-6-16-8-13/h1,3,5,7,9,11,13,16H,2,4,6,8,10H2. The molecule has 3 heterocycles. The lowest BCUT2D eigenvalue weighted by atomic mass is 9.96. The van der Waals surface area contributed by atoms with Crippen molar-refractivity contribution in [3.8, 4) is 0 Å². The molecule has 0 aliphatic carbocycles. The van der Waals surface area contributed by atoms with Crippen molar-refractivity contribution < 1.29 is 0 Å². The maximum atomic E-state index is 4.31. The molecule has 0 spiro atoms. The minimum atomic E-state index is 0.595. The van der Waals surface area contributed by atoms with Crippen LogP contribution in [0, 0.1) is 0 Å². The highest BCUT2D eigenvalue weighted by atomic mass is 15.1. The fourth-order valence-corrected chi connectivity index (χ4v) is 2.60. The van der Waals surface area contributed by atoms with Crippen LogP contribution in [0.3, 0.4) is 0 Å². The Hall–Kier alpha value is -1.68. The van der Waals surface area contributed by atoms with Crippen LogP contribution >= 0.6 is 0 Å². The third-order valence-electron chi connectivity index (χ3n) is 3.54. The second-order valence-corrected chi connectivity index (χ2v) is 4.85. The van der Waals surface area contributed by atoms with Crippen LogP contribution < -0.4 is 5.32 Å². The molecule has 0 saturated carbocycles. The predicted molar refractivity (Wildman–Crippen MR) is 70.4 cm³/mol. The van der Waals surface area contributed by atoms with Crippen molar-refractivity contribution in [3.63, 3.8) is 0 Å². The number of hydrogen-bond donors (Lipinski definition) is 1. The summed E-state index contributed by atoms with van der Waals surface area (Å²) in [6.45, 7) is 3.08. The second kappa shape index (κ2) is 5.31. The summed E-state index contributed by atoms with van der Waals surface area (Å²) in [6, 6.07) is 4.09. The lowest BCUT2D eigenvalue weighted by Crippen LogP contribution is -2.29. The summed E-state index contributed by atoms with van der Waals surface area (Å²) in [6.07, 6.45) is 10.2. The Morgan fingerprint density at radius 1 is 1.33 bits per heavy atom. The van der Waals surface area contributed by atoms with Gasteiger partial charge in [0.25, 0.3) is 0 Å². The third-order valence-corrected chi connectivity index (χ3v) is 3.54. The molecule has 3 rings (SSSR count). The monoisotopic (exact) mass is 242 g/mol. The molecule has 1 aliphatic heterocycles. The van der Waals surface area contributed by atoms with Crippen molar-refractivity contribution in [2.45, 2.75) is 25.3 Å². The number of piperidine rings is 1. The number of rotatable bonds is 3. The Morgan fingerprint density at radius 3 is 3.11 bits per heavy atom. The molecule has 2 aromatic heterocycles. The van der Waals surface area contributed by atoms with E-state index in [0.717, 1.165) is 19.6 Å². The van der Waals surface area contributed by atoms with Gasteiger partial charge in [0, 0.05) is 36.7 Å². The topological polar surface area (TPSA) is 42.7 Å². The minimum absolute atomic E-state index is 0.595. The first-order valence-corrected chi connectivity index (χ1v) is 6.53. The molecule has 1 unspecified atom stereocenters. The van der Waals surface area contributed by atoms with Gasteiger partial charge >= 0.3 is 0 Å². The molecule has 2 aromatic rings. The SMILES string of the molecule is c1cncc(Cn2cncc2C2CCCNC2)c1. The van der Waals surface area contributed by atoms with Gasteiger partial charge in [-0.2, -0.15) is 0 Å². The van der Waals surface area contributed by atoms with E-state index in [4.69, 9.17) is 0 Å². The smallest absolute Gasteiger partial charge is 0.0951 e. The Balaban J connectivity index is 1.78. The summed E-state index contributed by atoms with van der Waals surface area (Å²) >= 11 is 0. The van der Waals surface area contributed by atoms with E-state index in [1.807, 2.05) is 31.0 Å². The van der Waals surface area contributed by atoms with E-state index in [1.54, 1.807) is 0 Å². The van der Waals surface area contributed by atoms with E-state index in [9.17, 15) is 0 Å². The van der Waals surface area contributed by atoms with Gasteiger partial charge in [0.1, 0.15) is 0 Å². The van der Waals surface area contributed by atoms with Crippen molar-refractivity contribution in [1.82, 2.24) is 19.9 Å². The highest BCUT2D eigenvalue weighted by molar-refractivity contribution is 5.14. The van der Waals surface area contributed by atoms with E-state index in [-0.39, 0.29) is 0 Å². The molecule has 0 bridgehead atoms. The molecule has 0 radical (unpaired) electrons. The lowest BCUT2D eigenvalue weighted by Gasteiger charge is -2.23. The van der Waals surface area contributed by atoms with Crippen molar-refractivity contribution in [2.24, 2.45) is 0 Å². The fourth-order valence-electron chi connectivity index (χ4n) is 2.60. The van der Waals surface area contributed by atoms with Crippen LogP contribution in [-0.2, 0) is 6.54 Å². The van der Waals surface area contributed by atoms with E-state index in [0.29, 0.717) is 5.92 Å². The first-order valence-electron chi connectivity index (χ1n) is 6.53. The number of aromatic nitrogens is 3. The van der Waals surface area contributed by atoms with Crippen molar-refractivity contribution in [2.75, 3.05) is 13.1 Å². The predicted octanol–water partition coefficient (Wildman–Crippen LogP) is 1.79. The molecule has 4 heteroatoms. The molecule has 1 aliphatic rings. The highest BCUT2D eigenvalue weighted by Gasteiger charge is 2.18. The summed E-state index contributed by atoms with van der Waals surface area (Å²) in [4.78, 5) is 8.47. The van der Waals surface area contributed by atoms with Crippen molar-refractivity contribution in [3.05, 3.63) is 48.3 Å². The molecular formula is C14H18N4. The number of nitrogens with one attached hydrogen (secondary N) is 1. The van der Waals surface area contributed by atoms with E-state index >= 15 is 0 Å². The molecule has 4 nitrogen and oxygen atoms in total. The zero-order valence-electron chi connectivity index (χ0n) is 10.4. The van der Waals surface area contributed by atoms with Crippen molar-refractivity contribution in [1.29, 1.82) is 0 Å². The van der Waals surface area contributed by atoms with Crippen LogP contribution in [0.25, 0.3) is 0 Å². The second-order valence-electron chi connectivity index (χ2n) is 4.85. The summed E-state index contributed by atoms with van der Waals surface area (Å²) in [7, 11) is 0. The van der Waals surface area contributed by atoms with Gasteiger partial charge in [-0.1, -0.05) is 6.07 Å². The largest absolute Gasteiger partial charge is 0.330 e. The third kappa shape index (κ3) is 2.43. The molecule has 18 heavy (non-hydrogen) atoms. The van der Waals surface area contributed by atoms with Gasteiger partial charge in [-0.25, -0.2) is 4.98 Å². The van der Waals surface area contributed by atoms with Gasteiger partial charge in [-0.3, -0.25) is 4.98 Å². The quantitative estimate of drug-likeness (QED) is 0.892.